The number of amides is 2. The number of nitrogens with zero attached hydrogens (tertiary/aromatic N) is 4. The van der Waals surface area contributed by atoms with E-state index in [2.05, 4.69) is 20.3 Å². The summed E-state index contributed by atoms with van der Waals surface area (Å²) in [4.78, 5) is 37.6. The number of hydrogen-bond donors (Lipinski definition) is 1. The highest BCUT2D eigenvalue weighted by Gasteiger charge is 2.32. The Bertz CT molecular complexity index is 1010. The number of benzene rings is 1. The molecule has 1 aromatic carbocycles. The van der Waals surface area contributed by atoms with Crippen LogP contribution in [0.25, 0.3) is 0 Å². The second-order valence-electron chi connectivity index (χ2n) is 5.97. The summed E-state index contributed by atoms with van der Waals surface area (Å²) in [7, 11) is 1.46. The Morgan fingerprint density at radius 2 is 1.86 bits per heavy atom. The van der Waals surface area contributed by atoms with Crippen LogP contribution < -0.4 is 5.32 Å². The maximum atomic E-state index is 13.3. The second kappa shape index (κ2) is 8.35. The summed E-state index contributed by atoms with van der Waals surface area (Å²) in [6, 6.07) is 2.71. The molecule has 0 radical (unpaired) electrons. The van der Waals surface area contributed by atoms with Crippen molar-refractivity contribution in [1.82, 2.24) is 19.9 Å². The molecule has 0 fully saturated rings. The molecule has 11 heteroatoms. The normalized spacial score (nSPS) is 11.2. The first-order valence-electron chi connectivity index (χ1n) is 8.16. The van der Waals surface area contributed by atoms with Crippen LogP contribution in [0, 0.1) is 0 Å². The fourth-order valence-corrected chi connectivity index (χ4v) is 3.10. The maximum Gasteiger partial charge on any atom is 0.416 e. The van der Waals surface area contributed by atoms with Crippen molar-refractivity contribution in [2.45, 2.75) is 12.7 Å². The van der Waals surface area contributed by atoms with Gasteiger partial charge in [-0.1, -0.05) is 0 Å². The molecule has 29 heavy (non-hydrogen) atoms. The van der Waals surface area contributed by atoms with Gasteiger partial charge in [-0.25, -0.2) is 15.0 Å². The topological polar surface area (TPSA) is 88.1 Å². The number of rotatable bonds is 5. The molecule has 0 saturated carbocycles. The second-order valence-corrected chi connectivity index (χ2v) is 6.94. The number of anilines is 1. The SMILES string of the molecule is CN(Cc1nccs1)C(=O)c1cc(NC(=O)c2cncnc2)cc(C(F)(F)F)c1. The summed E-state index contributed by atoms with van der Waals surface area (Å²) >= 11 is 1.33. The van der Waals surface area contributed by atoms with Gasteiger partial charge in [0, 0.05) is 42.3 Å². The fraction of sp³-hybridized carbons (Fsp3) is 0.167. The summed E-state index contributed by atoms with van der Waals surface area (Å²) in [5, 5.41) is 4.73. The number of thiazole rings is 1. The van der Waals surface area contributed by atoms with Crippen molar-refractivity contribution >= 4 is 28.8 Å². The Kier molecular flexibility index (Phi) is 5.87. The van der Waals surface area contributed by atoms with Gasteiger partial charge < -0.3 is 10.2 Å². The standard InChI is InChI=1S/C18H14F3N5O2S/c1-26(9-15-24-2-3-29-15)17(28)11-4-13(18(19,20)21)6-14(5-11)25-16(27)12-7-22-10-23-8-12/h2-8,10H,9H2,1H3,(H,25,27). The van der Waals surface area contributed by atoms with E-state index in [0.717, 1.165) is 12.1 Å². The van der Waals surface area contributed by atoms with Gasteiger partial charge in [0.05, 0.1) is 17.7 Å². The number of carbonyl (C=O) groups is 2. The average molecular weight is 421 g/mol. The quantitative estimate of drug-likeness (QED) is 0.682. The Labute approximate surface area is 167 Å². The van der Waals surface area contributed by atoms with Gasteiger partial charge in [0.15, 0.2) is 0 Å². The Hall–Kier alpha value is -3.34. The number of aromatic nitrogens is 3. The minimum absolute atomic E-state index is 0.0682. The van der Waals surface area contributed by atoms with E-state index in [1.165, 1.54) is 48.1 Å². The van der Waals surface area contributed by atoms with Gasteiger partial charge in [0.25, 0.3) is 11.8 Å². The minimum atomic E-state index is -4.69. The highest BCUT2D eigenvalue weighted by Crippen LogP contribution is 2.32. The van der Waals surface area contributed by atoms with E-state index in [9.17, 15) is 22.8 Å². The first-order valence-corrected chi connectivity index (χ1v) is 9.04. The van der Waals surface area contributed by atoms with Crippen LogP contribution in [0.3, 0.4) is 0 Å². The molecule has 0 aliphatic heterocycles. The molecule has 0 saturated heterocycles. The molecule has 2 heterocycles. The van der Waals surface area contributed by atoms with Crippen LogP contribution in [0.2, 0.25) is 0 Å². The van der Waals surface area contributed by atoms with Gasteiger partial charge in [0.2, 0.25) is 0 Å². The van der Waals surface area contributed by atoms with Gasteiger partial charge >= 0.3 is 6.18 Å². The van der Waals surface area contributed by atoms with E-state index in [-0.39, 0.29) is 23.4 Å². The number of alkyl halides is 3. The van der Waals surface area contributed by atoms with Gasteiger partial charge in [-0.3, -0.25) is 9.59 Å². The van der Waals surface area contributed by atoms with Crippen LogP contribution in [-0.2, 0) is 12.7 Å². The summed E-state index contributed by atoms with van der Waals surface area (Å²) in [6.45, 7) is 0.149. The Morgan fingerprint density at radius 1 is 1.14 bits per heavy atom. The van der Waals surface area contributed by atoms with E-state index in [1.54, 1.807) is 11.6 Å². The van der Waals surface area contributed by atoms with Crippen LogP contribution in [0.15, 0.2) is 48.5 Å². The smallest absolute Gasteiger partial charge is 0.335 e. The first kappa shape index (κ1) is 20.4. The lowest BCUT2D eigenvalue weighted by Gasteiger charge is -2.18. The monoisotopic (exact) mass is 421 g/mol. The molecule has 0 spiro atoms. The lowest BCUT2D eigenvalue weighted by atomic mass is 10.1. The molecular formula is C18H14F3N5O2S. The summed E-state index contributed by atoms with van der Waals surface area (Å²) in [5.74, 6) is -1.33. The highest BCUT2D eigenvalue weighted by molar-refractivity contribution is 7.09. The molecule has 0 aliphatic rings. The predicted octanol–water partition coefficient (Wildman–Crippen LogP) is 3.48. The third kappa shape index (κ3) is 5.13. The molecule has 1 N–H and O–H groups in total. The fourth-order valence-electron chi connectivity index (χ4n) is 2.43. The van der Waals surface area contributed by atoms with Crippen molar-refractivity contribution in [3.8, 4) is 0 Å². The number of carbonyl (C=O) groups excluding carboxylic acids is 2. The lowest BCUT2D eigenvalue weighted by molar-refractivity contribution is -0.137. The minimum Gasteiger partial charge on any atom is -0.335 e. The summed E-state index contributed by atoms with van der Waals surface area (Å²) < 4.78 is 39.9. The molecular weight excluding hydrogens is 407 g/mol. The van der Waals surface area contributed by atoms with E-state index in [1.807, 2.05) is 0 Å². The maximum absolute atomic E-state index is 13.3. The third-order valence-corrected chi connectivity index (χ3v) is 4.55. The first-order chi connectivity index (χ1) is 13.7. The molecule has 0 unspecified atom stereocenters. The molecule has 0 aliphatic carbocycles. The molecule has 0 atom stereocenters. The van der Waals surface area contributed by atoms with Crippen molar-refractivity contribution in [3.63, 3.8) is 0 Å². The van der Waals surface area contributed by atoms with E-state index >= 15 is 0 Å². The van der Waals surface area contributed by atoms with Crippen molar-refractivity contribution in [1.29, 1.82) is 0 Å². The predicted molar refractivity (Wildman–Crippen MR) is 99.3 cm³/mol. The van der Waals surface area contributed by atoms with Gasteiger partial charge in [-0.15, -0.1) is 11.3 Å². The molecule has 2 aromatic heterocycles. The zero-order valence-corrected chi connectivity index (χ0v) is 15.8. The molecule has 7 nitrogen and oxygen atoms in total. The lowest BCUT2D eigenvalue weighted by Crippen LogP contribution is -2.27. The van der Waals surface area contributed by atoms with Crippen molar-refractivity contribution < 1.29 is 22.8 Å². The van der Waals surface area contributed by atoms with Crippen LogP contribution in [0.4, 0.5) is 18.9 Å². The van der Waals surface area contributed by atoms with Crippen molar-refractivity contribution in [2.24, 2.45) is 0 Å². The van der Waals surface area contributed by atoms with Crippen molar-refractivity contribution in [2.75, 3.05) is 12.4 Å². The van der Waals surface area contributed by atoms with E-state index in [4.69, 9.17) is 0 Å². The Balaban J connectivity index is 1.89. The third-order valence-electron chi connectivity index (χ3n) is 3.79. The highest BCUT2D eigenvalue weighted by atomic mass is 32.1. The van der Waals surface area contributed by atoms with Crippen LogP contribution >= 0.6 is 11.3 Å². The Morgan fingerprint density at radius 3 is 2.48 bits per heavy atom. The zero-order chi connectivity index (χ0) is 21.0. The summed E-state index contributed by atoms with van der Waals surface area (Å²) in [6.07, 6.45) is 0.548. The van der Waals surface area contributed by atoms with E-state index < -0.39 is 23.6 Å². The molecule has 3 rings (SSSR count). The zero-order valence-electron chi connectivity index (χ0n) is 15.0. The van der Waals surface area contributed by atoms with Gasteiger partial charge in [-0.2, -0.15) is 13.2 Å². The van der Waals surface area contributed by atoms with Gasteiger partial charge in [-0.05, 0) is 18.2 Å². The molecule has 3 aromatic rings. The molecule has 0 bridgehead atoms. The van der Waals surface area contributed by atoms with E-state index in [0.29, 0.717) is 5.01 Å². The van der Waals surface area contributed by atoms with Crippen LogP contribution in [-0.4, -0.2) is 38.7 Å². The van der Waals surface area contributed by atoms with Crippen LogP contribution in [0.1, 0.15) is 31.3 Å². The number of nitrogens with one attached hydrogen (secondary N) is 1. The number of halogens is 3. The summed E-state index contributed by atoms with van der Waals surface area (Å²) in [5.41, 5.74) is -1.36. The van der Waals surface area contributed by atoms with Crippen LogP contribution in [0.5, 0.6) is 0 Å². The largest absolute Gasteiger partial charge is 0.416 e. The molecule has 150 valence electrons. The number of hydrogen-bond acceptors (Lipinski definition) is 6. The average Bonchev–Trinajstić information content (AvgIpc) is 3.20. The van der Waals surface area contributed by atoms with Crippen molar-refractivity contribution in [3.05, 3.63) is 70.2 Å². The van der Waals surface area contributed by atoms with Gasteiger partial charge in [0.1, 0.15) is 11.3 Å². The molecule has 2 amide bonds.